The average molecular weight is 346 g/mol. The summed E-state index contributed by atoms with van der Waals surface area (Å²) in [5, 5.41) is 0. The number of benzene rings is 1. The van der Waals surface area contributed by atoms with E-state index in [0.29, 0.717) is 42.5 Å². The van der Waals surface area contributed by atoms with Crippen molar-refractivity contribution < 1.29 is 14.3 Å². The van der Waals surface area contributed by atoms with Gasteiger partial charge in [0.05, 0.1) is 13.7 Å². The largest absolute Gasteiger partial charge is 0.493 e. The standard InChI is InChI=1S/C20H30N2O3/c1-22(10-11-25-18-9-4-3-8-17(18)24-2)20(23)16-12-14-6-5-7-15(13-16)19(14)21/h3-4,8-9,14-16,19H,5-7,10-13,21H2,1-2H3. The van der Waals surface area contributed by atoms with E-state index in [1.807, 2.05) is 36.2 Å². The molecule has 1 aromatic rings. The molecule has 0 radical (unpaired) electrons. The molecule has 2 bridgehead atoms. The number of ether oxygens (including phenoxy) is 2. The second kappa shape index (κ2) is 8.09. The number of amides is 1. The molecule has 25 heavy (non-hydrogen) atoms. The van der Waals surface area contributed by atoms with E-state index < -0.39 is 0 Å². The SMILES string of the molecule is COc1ccccc1OCCN(C)C(=O)C1CC2CCCC(C1)C2N. The Labute approximate surface area is 150 Å². The second-order valence-corrected chi connectivity index (χ2v) is 7.46. The summed E-state index contributed by atoms with van der Waals surface area (Å²) in [5.74, 6) is 2.85. The first-order valence-corrected chi connectivity index (χ1v) is 9.36. The summed E-state index contributed by atoms with van der Waals surface area (Å²) < 4.78 is 11.1. The fourth-order valence-corrected chi connectivity index (χ4v) is 4.44. The maximum atomic E-state index is 12.8. The molecule has 1 amide bonds. The first-order chi connectivity index (χ1) is 12.1. The van der Waals surface area contributed by atoms with Crippen LogP contribution in [0.2, 0.25) is 0 Å². The van der Waals surface area contributed by atoms with Crippen LogP contribution in [-0.2, 0) is 4.79 Å². The highest BCUT2D eigenvalue weighted by molar-refractivity contribution is 5.78. The molecule has 0 spiro atoms. The lowest BCUT2D eigenvalue weighted by molar-refractivity contribution is -0.137. The second-order valence-electron chi connectivity index (χ2n) is 7.46. The molecule has 2 aliphatic rings. The molecule has 0 saturated heterocycles. The molecule has 0 aromatic heterocycles. The van der Waals surface area contributed by atoms with E-state index in [1.54, 1.807) is 7.11 Å². The molecular weight excluding hydrogens is 316 g/mol. The van der Waals surface area contributed by atoms with Gasteiger partial charge in [-0.15, -0.1) is 0 Å². The van der Waals surface area contributed by atoms with Crippen molar-refractivity contribution >= 4 is 5.91 Å². The Bertz CT molecular complexity index is 578. The van der Waals surface area contributed by atoms with Crippen molar-refractivity contribution in [3.63, 3.8) is 0 Å². The maximum Gasteiger partial charge on any atom is 0.225 e. The smallest absolute Gasteiger partial charge is 0.225 e. The summed E-state index contributed by atoms with van der Waals surface area (Å²) in [4.78, 5) is 14.6. The zero-order valence-electron chi connectivity index (χ0n) is 15.3. The van der Waals surface area contributed by atoms with E-state index in [0.717, 1.165) is 12.8 Å². The summed E-state index contributed by atoms with van der Waals surface area (Å²) in [6.45, 7) is 1.04. The molecule has 0 heterocycles. The number of nitrogens with two attached hydrogens (primary N) is 1. The highest BCUT2D eigenvalue weighted by Crippen LogP contribution is 2.42. The van der Waals surface area contributed by atoms with Crippen LogP contribution in [0.5, 0.6) is 11.5 Å². The summed E-state index contributed by atoms with van der Waals surface area (Å²) in [7, 11) is 3.50. The quantitative estimate of drug-likeness (QED) is 0.860. The minimum Gasteiger partial charge on any atom is -0.493 e. The van der Waals surface area contributed by atoms with Gasteiger partial charge in [-0.05, 0) is 49.7 Å². The normalized spacial score (nSPS) is 28.3. The van der Waals surface area contributed by atoms with Gasteiger partial charge < -0.3 is 20.1 Å². The molecule has 2 aliphatic carbocycles. The van der Waals surface area contributed by atoms with E-state index in [4.69, 9.17) is 15.2 Å². The third-order valence-electron chi connectivity index (χ3n) is 5.89. The molecule has 2 N–H and O–H groups in total. The van der Waals surface area contributed by atoms with Crippen LogP contribution in [0, 0.1) is 17.8 Å². The number of hydrogen-bond acceptors (Lipinski definition) is 4. The van der Waals surface area contributed by atoms with Gasteiger partial charge in [0.15, 0.2) is 11.5 Å². The van der Waals surface area contributed by atoms with Crippen molar-refractivity contribution in [1.29, 1.82) is 0 Å². The van der Waals surface area contributed by atoms with Crippen LogP contribution in [0.3, 0.4) is 0 Å². The zero-order chi connectivity index (χ0) is 17.8. The number of carbonyl (C=O) groups excluding carboxylic acids is 1. The molecule has 5 heteroatoms. The lowest BCUT2D eigenvalue weighted by Gasteiger charge is -2.44. The number of hydrogen-bond donors (Lipinski definition) is 1. The molecular formula is C20H30N2O3. The lowest BCUT2D eigenvalue weighted by atomic mass is 9.65. The van der Waals surface area contributed by atoms with E-state index in [9.17, 15) is 4.79 Å². The number of methoxy groups -OCH3 is 1. The zero-order valence-corrected chi connectivity index (χ0v) is 15.3. The van der Waals surface area contributed by atoms with Gasteiger partial charge in [0, 0.05) is 19.0 Å². The molecule has 2 unspecified atom stereocenters. The number of nitrogens with zero attached hydrogens (tertiary/aromatic N) is 1. The van der Waals surface area contributed by atoms with E-state index >= 15 is 0 Å². The number of para-hydroxylation sites is 2. The third-order valence-corrected chi connectivity index (χ3v) is 5.89. The molecule has 3 rings (SSSR count). The summed E-state index contributed by atoms with van der Waals surface area (Å²) in [6.07, 6.45) is 5.54. The highest BCUT2D eigenvalue weighted by Gasteiger charge is 2.41. The first kappa shape index (κ1) is 18.1. The van der Waals surface area contributed by atoms with Crippen LogP contribution in [0.4, 0.5) is 0 Å². The van der Waals surface area contributed by atoms with Crippen molar-refractivity contribution in [3.05, 3.63) is 24.3 Å². The van der Waals surface area contributed by atoms with Gasteiger partial charge in [-0.3, -0.25) is 4.79 Å². The Hall–Kier alpha value is -1.75. The van der Waals surface area contributed by atoms with Gasteiger partial charge in [0.25, 0.3) is 0 Å². The number of rotatable bonds is 6. The van der Waals surface area contributed by atoms with Crippen molar-refractivity contribution in [3.8, 4) is 11.5 Å². The molecule has 2 saturated carbocycles. The van der Waals surface area contributed by atoms with Gasteiger partial charge in [-0.25, -0.2) is 0 Å². The van der Waals surface area contributed by atoms with Crippen molar-refractivity contribution in [2.75, 3.05) is 27.3 Å². The minimum atomic E-state index is 0.131. The van der Waals surface area contributed by atoms with E-state index in [-0.39, 0.29) is 11.8 Å². The van der Waals surface area contributed by atoms with Gasteiger partial charge in [0.1, 0.15) is 6.61 Å². The highest BCUT2D eigenvalue weighted by atomic mass is 16.5. The number of fused-ring (bicyclic) bond motifs is 2. The lowest BCUT2D eigenvalue weighted by Crippen LogP contribution is -2.49. The topological polar surface area (TPSA) is 64.8 Å². The van der Waals surface area contributed by atoms with Crippen molar-refractivity contribution in [1.82, 2.24) is 4.90 Å². The Morgan fingerprint density at radius 2 is 1.84 bits per heavy atom. The Morgan fingerprint density at radius 3 is 2.48 bits per heavy atom. The number of carbonyl (C=O) groups is 1. The van der Waals surface area contributed by atoms with Crippen LogP contribution < -0.4 is 15.2 Å². The van der Waals surface area contributed by atoms with Crippen LogP contribution >= 0.6 is 0 Å². The molecule has 2 atom stereocenters. The number of likely N-dealkylation sites (N-methyl/N-ethyl adjacent to an activating group) is 1. The van der Waals surface area contributed by atoms with Gasteiger partial charge in [-0.2, -0.15) is 0 Å². The monoisotopic (exact) mass is 346 g/mol. The van der Waals surface area contributed by atoms with Crippen molar-refractivity contribution in [2.24, 2.45) is 23.5 Å². The van der Waals surface area contributed by atoms with Crippen molar-refractivity contribution in [2.45, 2.75) is 38.1 Å². The Morgan fingerprint density at radius 1 is 1.20 bits per heavy atom. The average Bonchev–Trinajstić information content (AvgIpc) is 2.61. The summed E-state index contributed by atoms with van der Waals surface area (Å²) in [5.41, 5.74) is 6.34. The van der Waals surface area contributed by atoms with Crippen LogP contribution in [0.15, 0.2) is 24.3 Å². The van der Waals surface area contributed by atoms with Crippen LogP contribution in [-0.4, -0.2) is 44.2 Å². The minimum absolute atomic E-state index is 0.131. The molecule has 0 aliphatic heterocycles. The van der Waals surface area contributed by atoms with E-state index in [2.05, 4.69) is 0 Å². The van der Waals surface area contributed by atoms with Crippen LogP contribution in [0.25, 0.3) is 0 Å². The fourth-order valence-electron chi connectivity index (χ4n) is 4.44. The molecule has 5 nitrogen and oxygen atoms in total. The van der Waals surface area contributed by atoms with Gasteiger partial charge in [-0.1, -0.05) is 18.6 Å². The molecule has 138 valence electrons. The Balaban J connectivity index is 1.49. The molecule has 1 aromatic carbocycles. The van der Waals surface area contributed by atoms with Gasteiger partial charge in [0.2, 0.25) is 5.91 Å². The summed E-state index contributed by atoms with van der Waals surface area (Å²) >= 11 is 0. The van der Waals surface area contributed by atoms with Gasteiger partial charge >= 0.3 is 0 Å². The predicted molar refractivity (Wildman–Crippen MR) is 97.7 cm³/mol. The first-order valence-electron chi connectivity index (χ1n) is 9.36. The maximum absolute atomic E-state index is 12.8. The molecule has 2 fully saturated rings. The Kier molecular flexibility index (Phi) is 5.84. The van der Waals surface area contributed by atoms with Crippen LogP contribution in [0.1, 0.15) is 32.1 Å². The third kappa shape index (κ3) is 4.09. The fraction of sp³-hybridized carbons (Fsp3) is 0.650. The predicted octanol–water partition coefficient (Wildman–Crippen LogP) is 2.69. The van der Waals surface area contributed by atoms with E-state index in [1.165, 1.54) is 19.3 Å². The summed E-state index contributed by atoms with van der Waals surface area (Å²) in [6, 6.07) is 7.87.